The van der Waals surface area contributed by atoms with Crippen molar-refractivity contribution in [1.82, 2.24) is 0 Å². The number of rotatable bonds is 19. The highest BCUT2D eigenvalue weighted by Crippen LogP contribution is 2.25. The molecule has 0 aliphatic heterocycles. The molecular formula is C27H48O. The maximum absolute atomic E-state index is 10.3. The number of hydrogen-bond donors (Lipinski definition) is 1. The van der Waals surface area contributed by atoms with E-state index in [1.165, 1.54) is 120 Å². The van der Waals surface area contributed by atoms with Crippen LogP contribution in [0, 0.1) is 0 Å². The predicted molar refractivity (Wildman–Crippen MR) is 125 cm³/mol. The molecule has 0 fully saturated rings. The second kappa shape index (κ2) is 18.1. The zero-order valence-corrected chi connectivity index (χ0v) is 19.1. The lowest BCUT2D eigenvalue weighted by Crippen LogP contribution is -1.96. The van der Waals surface area contributed by atoms with Crippen LogP contribution in [0.1, 0.15) is 134 Å². The average Bonchev–Trinajstić information content (AvgIpc) is 2.70. The molecule has 0 saturated carbocycles. The molecule has 1 N–H and O–H groups in total. The van der Waals surface area contributed by atoms with Crippen LogP contribution in [0.2, 0.25) is 0 Å². The summed E-state index contributed by atoms with van der Waals surface area (Å²) >= 11 is 0. The minimum Gasteiger partial charge on any atom is -0.508 e. The van der Waals surface area contributed by atoms with Crippen LogP contribution >= 0.6 is 0 Å². The van der Waals surface area contributed by atoms with Gasteiger partial charge in [-0.2, -0.15) is 0 Å². The summed E-state index contributed by atoms with van der Waals surface area (Å²) < 4.78 is 0. The quantitative estimate of drug-likeness (QED) is 0.234. The molecule has 0 radical (unpaired) electrons. The van der Waals surface area contributed by atoms with E-state index < -0.39 is 0 Å². The van der Waals surface area contributed by atoms with Gasteiger partial charge in [-0.05, 0) is 42.9 Å². The van der Waals surface area contributed by atoms with E-state index in [0.717, 1.165) is 12.8 Å². The summed E-state index contributed by atoms with van der Waals surface area (Å²) in [6.07, 6.45) is 25.3. The molecule has 1 nitrogen and oxygen atoms in total. The third kappa shape index (κ3) is 12.5. The smallest absolute Gasteiger partial charge is 0.119 e. The second-order valence-corrected chi connectivity index (χ2v) is 8.72. The van der Waals surface area contributed by atoms with Crippen LogP contribution in [0.4, 0.5) is 0 Å². The predicted octanol–water partition coefficient (Wildman–Crippen LogP) is 9.15. The van der Waals surface area contributed by atoms with Gasteiger partial charge in [-0.25, -0.2) is 0 Å². The van der Waals surface area contributed by atoms with Gasteiger partial charge in [-0.3, -0.25) is 0 Å². The molecule has 0 unspecified atom stereocenters. The fraction of sp³-hybridized carbons (Fsp3) is 0.778. The minimum atomic E-state index is 0.524. The second-order valence-electron chi connectivity index (χ2n) is 8.72. The van der Waals surface area contributed by atoms with Crippen molar-refractivity contribution in [2.45, 2.75) is 136 Å². The van der Waals surface area contributed by atoms with Crippen LogP contribution in [-0.2, 0) is 12.8 Å². The van der Waals surface area contributed by atoms with Gasteiger partial charge in [-0.15, -0.1) is 0 Å². The maximum Gasteiger partial charge on any atom is 0.119 e. The Bertz CT molecular complexity index is 465. The summed E-state index contributed by atoms with van der Waals surface area (Å²) in [7, 11) is 0. The van der Waals surface area contributed by atoms with E-state index in [1.807, 2.05) is 12.1 Å². The molecule has 0 aliphatic rings. The van der Waals surface area contributed by atoms with Gasteiger partial charge in [0.1, 0.15) is 5.75 Å². The van der Waals surface area contributed by atoms with Crippen LogP contribution in [0.5, 0.6) is 5.75 Å². The van der Waals surface area contributed by atoms with E-state index in [9.17, 15) is 5.11 Å². The first-order chi connectivity index (χ1) is 13.8. The van der Waals surface area contributed by atoms with E-state index in [2.05, 4.69) is 19.9 Å². The van der Waals surface area contributed by atoms with E-state index >= 15 is 0 Å². The van der Waals surface area contributed by atoms with Crippen LogP contribution < -0.4 is 0 Å². The summed E-state index contributed by atoms with van der Waals surface area (Å²) in [6, 6.07) is 6.14. The molecule has 1 rings (SSSR count). The van der Waals surface area contributed by atoms with E-state index in [-0.39, 0.29) is 0 Å². The number of hydrogen-bond acceptors (Lipinski definition) is 1. The molecule has 0 saturated heterocycles. The fourth-order valence-electron chi connectivity index (χ4n) is 4.21. The Morgan fingerprint density at radius 1 is 0.536 bits per heavy atom. The molecule has 0 heterocycles. The number of phenols is 1. The van der Waals surface area contributed by atoms with E-state index in [1.54, 1.807) is 0 Å². The van der Waals surface area contributed by atoms with Crippen LogP contribution in [-0.4, -0.2) is 5.11 Å². The molecule has 0 atom stereocenters. The molecule has 162 valence electrons. The fourth-order valence-corrected chi connectivity index (χ4v) is 4.21. The van der Waals surface area contributed by atoms with Gasteiger partial charge in [0.15, 0.2) is 0 Å². The number of phenolic OH excluding ortho intramolecular Hbond substituents is 1. The molecule has 28 heavy (non-hydrogen) atoms. The Hall–Kier alpha value is -0.980. The zero-order chi connectivity index (χ0) is 20.3. The molecule has 0 aromatic heterocycles. The van der Waals surface area contributed by atoms with Crippen molar-refractivity contribution < 1.29 is 5.11 Å². The SMILES string of the molecule is CCCCCCCCCCCCc1cccc(O)c1CCCCCCCCC. The van der Waals surface area contributed by atoms with Crippen molar-refractivity contribution in [1.29, 1.82) is 0 Å². The first-order valence-corrected chi connectivity index (χ1v) is 12.6. The lowest BCUT2D eigenvalue weighted by Gasteiger charge is -2.12. The van der Waals surface area contributed by atoms with Crippen molar-refractivity contribution in [2.75, 3.05) is 0 Å². The van der Waals surface area contributed by atoms with Crippen molar-refractivity contribution in [3.8, 4) is 5.75 Å². The monoisotopic (exact) mass is 388 g/mol. The highest BCUT2D eigenvalue weighted by atomic mass is 16.3. The van der Waals surface area contributed by atoms with E-state index in [4.69, 9.17) is 0 Å². The van der Waals surface area contributed by atoms with Gasteiger partial charge in [0.25, 0.3) is 0 Å². The summed E-state index contributed by atoms with van der Waals surface area (Å²) in [6.45, 7) is 4.56. The highest BCUT2D eigenvalue weighted by molar-refractivity contribution is 5.39. The van der Waals surface area contributed by atoms with Gasteiger partial charge in [0, 0.05) is 0 Å². The summed E-state index contributed by atoms with van der Waals surface area (Å²) in [5, 5.41) is 10.3. The molecule has 1 aromatic rings. The lowest BCUT2D eigenvalue weighted by molar-refractivity contribution is 0.464. The normalized spacial score (nSPS) is 11.2. The van der Waals surface area contributed by atoms with Gasteiger partial charge >= 0.3 is 0 Å². The van der Waals surface area contributed by atoms with Crippen molar-refractivity contribution in [3.05, 3.63) is 29.3 Å². The molecule has 0 spiro atoms. The number of unbranched alkanes of at least 4 members (excludes halogenated alkanes) is 15. The van der Waals surface area contributed by atoms with Gasteiger partial charge in [0.05, 0.1) is 0 Å². The highest BCUT2D eigenvalue weighted by Gasteiger charge is 2.07. The Balaban J connectivity index is 2.16. The average molecular weight is 389 g/mol. The molecule has 1 aromatic carbocycles. The first kappa shape index (κ1) is 25.1. The summed E-state index contributed by atoms with van der Waals surface area (Å²) in [4.78, 5) is 0. The minimum absolute atomic E-state index is 0.524. The van der Waals surface area contributed by atoms with Gasteiger partial charge < -0.3 is 5.11 Å². The molecule has 0 bridgehead atoms. The number of benzene rings is 1. The van der Waals surface area contributed by atoms with Crippen molar-refractivity contribution in [2.24, 2.45) is 0 Å². The van der Waals surface area contributed by atoms with Crippen LogP contribution in [0.3, 0.4) is 0 Å². The summed E-state index contributed by atoms with van der Waals surface area (Å²) in [5.41, 5.74) is 2.62. The third-order valence-corrected chi connectivity index (χ3v) is 6.08. The Morgan fingerprint density at radius 2 is 0.964 bits per heavy atom. The van der Waals surface area contributed by atoms with Gasteiger partial charge in [0.2, 0.25) is 0 Å². The maximum atomic E-state index is 10.3. The third-order valence-electron chi connectivity index (χ3n) is 6.08. The Kier molecular flexibility index (Phi) is 16.2. The molecular weight excluding hydrogens is 340 g/mol. The van der Waals surface area contributed by atoms with E-state index in [0.29, 0.717) is 5.75 Å². The lowest BCUT2D eigenvalue weighted by atomic mass is 9.95. The van der Waals surface area contributed by atoms with Gasteiger partial charge in [-0.1, -0.05) is 122 Å². The number of aromatic hydroxyl groups is 1. The molecule has 0 amide bonds. The Labute approximate surface area is 176 Å². The molecule has 1 heteroatoms. The van der Waals surface area contributed by atoms with Crippen molar-refractivity contribution >= 4 is 0 Å². The Morgan fingerprint density at radius 3 is 1.46 bits per heavy atom. The topological polar surface area (TPSA) is 20.2 Å². The standard InChI is InChI=1S/C27H48O/c1-3-5-7-9-11-12-13-15-16-18-21-25-22-20-24-27(28)26(25)23-19-17-14-10-8-6-4-2/h20,22,24,28H,3-19,21,23H2,1-2H3. The van der Waals surface area contributed by atoms with Crippen molar-refractivity contribution in [3.63, 3.8) is 0 Å². The zero-order valence-electron chi connectivity index (χ0n) is 19.1. The largest absolute Gasteiger partial charge is 0.508 e. The molecule has 0 aliphatic carbocycles. The first-order valence-electron chi connectivity index (χ1n) is 12.6. The summed E-state index contributed by atoms with van der Waals surface area (Å²) in [5.74, 6) is 0.524. The number of aryl methyl sites for hydroxylation is 1. The van der Waals surface area contributed by atoms with Crippen LogP contribution in [0.15, 0.2) is 18.2 Å². The van der Waals surface area contributed by atoms with Crippen LogP contribution in [0.25, 0.3) is 0 Å².